The molecule has 1 fully saturated rings. The van der Waals surface area contributed by atoms with E-state index in [-0.39, 0.29) is 5.82 Å². The Bertz CT molecular complexity index is 958. The van der Waals surface area contributed by atoms with Gasteiger partial charge >= 0.3 is 0 Å². The Morgan fingerprint density at radius 1 is 1.17 bits per heavy atom. The maximum Gasteiger partial charge on any atom is 0.191 e. The Kier molecular flexibility index (Phi) is 5.98. The molecule has 6 heteroatoms. The van der Waals surface area contributed by atoms with Crippen molar-refractivity contribution in [3.63, 3.8) is 0 Å². The Morgan fingerprint density at radius 3 is 2.72 bits per heavy atom. The molecule has 1 aromatic heterocycles. The molecule has 0 spiro atoms. The molecule has 3 aromatic rings. The van der Waals surface area contributed by atoms with Crippen LogP contribution in [0.25, 0.3) is 10.9 Å². The maximum atomic E-state index is 13.5. The van der Waals surface area contributed by atoms with Crippen molar-refractivity contribution in [1.29, 1.82) is 0 Å². The zero-order valence-electron chi connectivity index (χ0n) is 16.8. The molecule has 152 valence electrons. The van der Waals surface area contributed by atoms with Crippen LogP contribution in [-0.2, 0) is 6.42 Å². The van der Waals surface area contributed by atoms with Crippen LogP contribution in [0.4, 0.5) is 10.1 Å². The molecule has 2 aromatic carbocycles. The number of nitrogens with one attached hydrogen (secondary N) is 3. The highest BCUT2D eigenvalue weighted by atomic mass is 19.1. The summed E-state index contributed by atoms with van der Waals surface area (Å²) in [6.07, 6.45) is 4.92. The highest BCUT2D eigenvalue weighted by Gasteiger charge is 2.20. The molecule has 0 bridgehead atoms. The summed E-state index contributed by atoms with van der Waals surface area (Å²) in [4.78, 5) is 10.0. The second-order valence-electron chi connectivity index (χ2n) is 7.49. The SMILES string of the molecule is CN=C(NCCc1c[nH]c2ccc(F)cc12)NC1CCN(c2ccccc2)CC1. The van der Waals surface area contributed by atoms with Crippen molar-refractivity contribution in [1.82, 2.24) is 15.6 Å². The quantitative estimate of drug-likeness (QED) is 0.458. The first-order valence-electron chi connectivity index (χ1n) is 10.3. The molecule has 0 unspecified atom stereocenters. The van der Waals surface area contributed by atoms with E-state index in [2.05, 4.69) is 55.8 Å². The first kappa shape index (κ1) is 19.3. The molecular weight excluding hydrogens is 365 g/mol. The summed E-state index contributed by atoms with van der Waals surface area (Å²) in [5, 5.41) is 7.89. The number of benzene rings is 2. The van der Waals surface area contributed by atoms with Crippen LogP contribution >= 0.6 is 0 Å². The lowest BCUT2D eigenvalue weighted by molar-refractivity contribution is 0.461. The van der Waals surface area contributed by atoms with Gasteiger partial charge in [0, 0.05) is 55.5 Å². The van der Waals surface area contributed by atoms with Crippen LogP contribution in [0.5, 0.6) is 0 Å². The number of anilines is 1. The van der Waals surface area contributed by atoms with Crippen molar-refractivity contribution in [2.24, 2.45) is 4.99 Å². The fourth-order valence-corrected chi connectivity index (χ4v) is 3.98. The number of hydrogen-bond acceptors (Lipinski definition) is 2. The maximum absolute atomic E-state index is 13.5. The minimum absolute atomic E-state index is 0.203. The third-order valence-electron chi connectivity index (χ3n) is 5.60. The van der Waals surface area contributed by atoms with Gasteiger partial charge in [0.2, 0.25) is 0 Å². The number of H-pyrrole nitrogens is 1. The van der Waals surface area contributed by atoms with Gasteiger partial charge in [-0.3, -0.25) is 4.99 Å². The summed E-state index contributed by atoms with van der Waals surface area (Å²) in [5.41, 5.74) is 3.37. The molecular formula is C23H28FN5. The van der Waals surface area contributed by atoms with E-state index in [1.54, 1.807) is 19.2 Å². The fourth-order valence-electron chi connectivity index (χ4n) is 3.98. The second kappa shape index (κ2) is 8.99. The molecule has 0 atom stereocenters. The van der Waals surface area contributed by atoms with Crippen molar-refractivity contribution in [2.45, 2.75) is 25.3 Å². The Labute approximate surface area is 171 Å². The summed E-state index contributed by atoms with van der Waals surface area (Å²) in [6, 6.07) is 15.9. The standard InChI is InChI=1S/C23H28FN5/c1-25-23(26-12-9-17-16-27-22-8-7-18(24)15-21(17)22)28-19-10-13-29(14-11-19)20-5-3-2-4-6-20/h2-8,15-16,19,27H,9-14H2,1H3,(H2,25,26,28). The van der Waals surface area contributed by atoms with Crippen LogP contribution in [0.2, 0.25) is 0 Å². The molecule has 1 aliphatic rings. The zero-order chi connectivity index (χ0) is 20.1. The molecule has 1 aliphatic heterocycles. The predicted molar refractivity (Wildman–Crippen MR) is 118 cm³/mol. The lowest BCUT2D eigenvalue weighted by Crippen LogP contribution is -2.49. The lowest BCUT2D eigenvalue weighted by Gasteiger charge is -2.34. The number of aromatic nitrogens is 1. The van der Waals surface area contributed by atoms with Gasteiger partial charge in [0.1, 0.15) is 5.82 Å². The smallest absolute Gasteiger partial charge is 0.191 e. The summed E-state index contributed by atoms with van der Waals surface area (Å²) >= 11 is 0. The average Bonchev–Trinajstić information content (AvgIpc) is 3.16. The van der Waals surface area contributed by atoms with Gasteiger partial charge in [0.15, 0.2) is 5.96 Å². The highest BCUT2D eigenvalue weighted by Crippen LogP contribution is 2.20. The molecule has 2 heterocycles. The zero-order valence-corrected chi connectivity index (χ0v) is 16.8. The fraction of sp³-hybridized carbons (Fsp3) is 0.348. The predicted octanol–water partition coefficient (Wildman–Crippen LogP) is 3.68. The van der Waals surface area contributed by atoms with E-state index in [9.17, 15) is 4.39 Å². The molecule has 29 heavy (non-hydrogen) atoms. The lowest BCUT2D eigenvalue weighted by atomic mass is 10.0. The number of aromatic amines is 1. The van der Waals surface area contributed by atoms with Crippen molar-refractivity contribution in [2.75, 3.05) is 31.6 Å². The van der Waals surface area contributed by atoms with Gasteiger partial charge in [-0.2, -0.15) is 0 Å². The number of nitrogens with zero attached hydrogens (tertiary/aromatic N) is 2. The Morgan fingerprint density at radius 2 is 1.97 bits per heavy atom. The first-order valence-corrected chi connectivity index (χ1v) is 10.3. The number of halogens is 1. The van der Waals surface area contributed by atoms with Gasteiger partial charge < -0.3 is 20.5 Å². The van der Waals surface area contributed by atoms with Crippen molar-refractivity contribution >= 4 is 22.5 Å². The molecule has 0 radical (unpaired) electrons. The Balaban J connectivity index is 1.25. The molecule has 5 nitrogen and oxygen atoms in total. The number of aliphatic imine (C=N–C) groups is 1. The number of piperidine rings is 1. The van der Waals surface area contributed by atoms with E-state index >= 15 is 0 Å². The number of rotatable bonds is 5. The summed E-state index contributed by atoms with van der Waals surface area (Å²) in [7, 11) is 1.80. The van der Waals surface area contributed by atoms with Gasteiger partial charge in [-0.1, -0.05) is 18.2 Å². The summed E-state index contributed by atoms with van der Waals surface area (Å²) in [5.74, 6) is 0.625. The van der Waals surface area contributed by atoms with Crippen LogP contribution in [0.15, 0.2) is 59.7 Å². The average molecular weight is 394 g/mol. The third-order valence-corrected chi connectivity index (χ3v) is 5.60. The van der Waals surface area contributed by atoms with Gasteiger partial charge in [-0.15, -0.1) is 0 Å². The van der Waals surface area contributed by atoms with E-state index in [0.717, 1.165) is 61.3 Å². The molecule has 0 saturated carbocycles. The minimum Gasteiger partial charge on any atom is -0.371 e. The van der Waals surface area contributed by atoms with Gasteiger partial charge in [0.05, 0.1) is 0 Å². The molecule has 0 amide bonds. The van der Waals surface area contributed by atoms with Crippen LogP contribution in [-0.4, -0.2) is 43.7 Å². The van der Waals surface area contributed by atoms with Gasteiger partial charge in [-0.05, 0) is 55.2 Å². The highest BCUT2D eigenvalue weighted by molar-refractivity contribution is 5.83. The van der Waals surface area contributed by atoms with E-state index in [0.29, 0.717) is 6.04 Å². The van der Waals surface area contributed by atoms with Crippen LogP contribution < -0.4 is 15.5 Å². The topological polar surface area (TPSA) is 55.5 Å². The summed E-state index contributed by atoms with van der Waals surface area (Å²) in [6.45, 7) is 2.82. The number of para-hydroxylation sites is 1. The van der Waals surface area contributed by atoms with Crippen molar-refractivity contribution in [3.05, 3.63) is 66.1 Å². The van der Waals surface area contributed by atoms with Gasteiger partial charge in [0.25, 0.3) is 0 Å². The van der Waals surface area contributed by atoms with E-state index in [4.69, 9.17) is 0 Å². The largest absolute Gasteiger partial charge is 0.371 e. The molecule has 4 rings (SSSR count). The van der Waals surface area contributed by atoms with E-state index < -0.39 is 0 Å². The minimum atomic E-state index is -0.203. The number of fused-ring (bicyclic) bond motifs is 1. The van der Waals surface area contributed by atoms with Crippen LogP contribution in [0.3, 0.4) is 0 Å². The van der Waals surface area contributed by atoms with E-state index in [1.807, 2.05) is 6.20 Å². The molecule has 3 N–H and O–H groups in total. The number of hydrogen-bond donors (Lipinski definition) is 3. The Hall–Kier alpha value is -3.02. The third kappa shape index (κ3) is 4.70. The molecule has 1 saturated heterocycles. The second-order valence-corrected chi connectivity index (χ2v) is 7.49. The normalized spacial score (nSPS) is 15.7. The first-order chi connectivity index (χ1) is 14.2. The molecule has 0 aliphatic carbocycles. The van der Waals surface area contributed by atoms with Crippen molar-refractivity contribution in [3.8, 4) is 0 Å². The van der Waals surface area contributed by atoms with Gasteiger partial charge in [-0.25, -0.2) is 4.39 Å². The monoisotopic (exact) mass is 393 g/mol. The van der Waals surface area contributed by atoms with Crippen molar-refractivity contribution < 1.29 is 4.39 Å². The summed E-state index contributed by atoms with van der Waals surface area (Å²) < 4.78 is 13.5. The number of guanidine groups is 1. The van der Waals surface area contributed by atoms with E-state index in [1.165, 1.54) is 11.8 Å². The van der Waals surface area contributed by atoms with Crippen LogP contribution in [0, 0.1) is 5.82 Å². The van der Waals surface area contributed by atoms with Crippen LogP contribution in [0.1, 0.15) is 18.4 Å².